The van der Waals surface area contributed by atoms with Gasteiger partial charge in [-0.15, -0.1) is 0 Å². The van der Waals surface area contributed by atoms with Crippen molar-refractivity contribution < 1.29 is 22.8 Å². The fraction of sp³-hybridized carbons (Fsp3) is 0.176. The molecule has 132 valence electrons. The van der Waals surface area contributed by atoms with Crippen molar-refractivity contribution in [1.82, 2.24) is 5.01 Å². The Morgan fingerprint density at radius 1 is 0.962 bits per heavy atom. The minimum absolute atomic E-state index is 0.0748. The molecule has 9 heteroatoms. The Hall–Kier alpha value is -3.23. The summed E-state index contributed by atoms with van der Waals surface area (Å²) in [6, 6.07) is 6.44. The number of halogens is 3. The average Bonchev–Trinajstić information content (AvgIpc) is 3.11. The van der Waals surface area contributed by atoms with Gasteiger partial charge in [0.25, 0.3) is 11.8 Å². The number of amides is 2. The van der Waals surface area contributed by atoms with Crippen LogP contribution >= 0.6 is 0 Å². The summed E-state index contributed by atoms with van der Waals surface area (Å²) in [5.74, 6) is -4.00. The maximum absolute atomic E-state index is 13.5. The van der Waals surface area contributed by atoms with Gasteiger partial charge >= 0.3 is 0 Å². The van der Waals surface area contributed by atoms with Crippen molar-refractivity contribution in [1.29, 1.82) is 0 Å². The van der Waals surface area contributed by atoms with Gasteiger partial charge in [0.05, 0.1) is 12.2 Å². The lowest BCUT2D eigenvalue weighted by Crippen LogP contribution is -2.39. The number of nitrogens with zero attached hydrogens (tertiary/aromatic N) is 4. The van der Waals surface area contributed by atoms with Crippen LogP contribution in [0.15, 0.2) is 52.8 Å². The van der Waals surface area contributed by atoms with Gasteiger partial charge in [0.2, 0.25) is 0 Å². The molecule has 1 saturated heterocycles. The summed E-state index contributed by atoms with van der Waals surface area (Å²) in [5.41, 5.74) is 0.477. The topological polar surface area (TPSA) is 65.3 Å². The standard InChI is InChI=1S/C17H11F3N4O2/c18-10-3-1-2-9(6-10)8-23-15-14(21-22-23)16(25)24(17(15)26)11-4-5-12(19)13(20)7-11/h1-7,14-15H,8H2/t14-,15+/m1/s1. The van der Waals surface area contributed by atoms with Gasteiger partial charge in [0.1, 0.15) is 5.82 Å². The van der Waals surface area contributed by atoms with Gasteiger partial charge in [-0.2, -0.15) is 5.11 Å². The van der Waals surface area contributed by atoms with Gasteiger partial charge in [-0.25, -0.2) is 18.1 Å². The van der Waals surface area contributed by atoms with E-state index in [1.807, 2.05) is 0 Å². The Morgan fingerprint density at radius 2 is 1.77 bits per heavy atom. The summed E-state index contributed by atoms with van der Waals surface area (Å²) in [5, 5.41) is 8.95. The molecule has 0 aromatic heterocycles. The average molecular weight is 360 g/mol. The zero-order chi connectivity index (χ0) is 18.4. The lowest BCUT2D eigenvalue weighted by molar-refractivity contribution is -0.123. The van der Waals surface area contributed by atoms with Crippen LogP contribution in [0.1, 0.15) is 5.56 Å². The molecule has 1 fully saturated rings. The summed E-state index contributed by atoms with van der Waals surface area (Å²) in [6.07, 6.45) is 0. The van der Waals surface area contributed by atoms with E-state index in [1.165, 1.54) is 23.2 Å². The Kier molecular flexibility index (Phi) is 3.71. The third-order valence-electron chi connectivity index (χ3n) is 4.25. The van der Waals surface area contributed by atoms with E-state index in [9.17, 15) is 22.8 Å². The number of hydrogen-bond acceptors (Lipinski definition) is 5. The predicted octanol–water partition coefficient (Wildman–Crippen LogP) is 2.60. The van der Waals surface area contributed by atoms with E-state index in [-0.39, 0.29) is 12.2 Å². The SMILES string of the molecule is O=C1[C@@H]2[C@@H](N=NN2Cc2cccc(F)c2)C(=O)N1c1ccc(F)c(F)c1. The number of imide groups is 1. The van der Waals surface area contributed by atoms with Gasteiger partial charge in [0.15, 0.2) is 23.7 Å². The molecule has 0 aliphatic carbocycles. The number of carbonyl (C=O) groups excluding carboxylic acids is 2. The van der Waals surface area contributed by atoms with Crippen LogP contribution in [0.25, 0.3) is 0 Å². The van der Waals surface area contributed by atoms with Crippen molar-refractivity contribution in [2.75, 3.05) is 4.90 Å². The molecule has 0 bridgehead atoms. The fourth-order valence-electron chi connectivity index (χ4n) is 3.05. The molecule has 2 atom stereocenters. The van der Waals surface area contributed by atoms with Crippen molar-refractivity contribution in [3.05, 3.63) is 65.5 Å². The fourth-order valence-corrected chi connectivity index (χ4v) is 3.05. The molecule has 0 spiro atoms. The van der Waals surface area contributed by atoms with Gasteiger partial charge in [-0.3, -0.25) is 14.6 Å². The quantitative estimate of drug-likeness (QED) is 0.791. The summed E-state index contributed by atoms with van der Waals surface area (Å²) in [6.45, 7) is 0.0765. The van der Waals surface area contributed by atoms with Crippen molar-refractivity contribution in [3.8, 4) is 0 Å². The molecule has 0 radical (unpaired) electrons. The first-order valence-electron chi connectivity index (χ1n) is 7.70. The second-order valence-electron chi connectivity index (χ2n) is 5.93. The maximum atomic E-state index is 13.5. The third-order valence-corrected chi connectivity index (χ3v) is 4.25. The van der Waals surface area contributed by atoms with Crippen LogP contribution in [0.5, 0.6) is 0 Å². The molecule has 2 aliphatic heterocycles. The van der Waals surface area contributed by atoms with E-state index in [0.717, 1.165) is 23.1 Å². The Morgan fingerprint density at radius 3 is 2.50 bits per heavy atom. The highest BCUT2D eigenvalue weighted by molar-refractivity contribution is 6.25. The number of anilines is 1. The normalized spacial score (nSPS) is 21.7. The van der Waals surface area contributed by atoms with E-state index in [1.54, 1.807) is 6.07 Å². The van der Waals surface area contributed by atoms with Crippen LogP contribution in [0, 0.1) is 17.5 Å². The highest BCUT2D eigenvalue weighted by Crippen LogP contribution is 2.33. The molecule has 0 N–H and O–H groups in total. The highest BCUT2D eigenvalue weighted by Gasteiger charge is 2.54. The summed E-state index contributed by atoms with van der Waals surface area (Å²) in [7, 11) is 0. The zero-order valence-corrected chi connectivity index (χ0v) is 13.1. The predicted molar refractivity (Wildman–Crippen MR) is 83.2 cm³/mol. The van der Waals surface area contributed by atoms with Crippen LogP contribution in [-0.4, -0.2) is 28.9 Å². The summed E-state index contributed by atoms with van der Waals surface area (Å²) < 4.78 is 39.9. The first kappa shape index (κ1) is 16.2. The van der Waals surface area contributed by atoms with E-state index >= 15 is 0 Å². The zero-order valence-electron chi connectivity index (χ0n) is 13.1. The van der Waals surface area contributed by atoms with Crippen LogP contribution in [-0.2, 0) is 16.1 Å². The Labute approximate surface area is 145 Å². The minimum Gasteiger partial charge on any atom is -0.271 e. The molecule has 2 aromatic rings. The number of benzene rings is 2. The van der Waals surface area contributed by atoms with Gasteiger partial charge in [-0.1, -0.05) is 17.4 Å². The molecule has 2 amide bonds. The van der Waals surface area contributed by atoms with Crippen molar-refractivity contribution in [3.63, 3.8) is 0 Å². The lowest BCUT2D eigenvalue weighted by Gasteiger charge is -2.20. The van der Waals surface area contributed by atoms with Crippen molar-refractivity contribution in [2.24, 2.45) is 10.3 Å². The largest absolute Gasteiger partial charge is 0.271 e. The molecule has 2 heterocycles. The molecular weight excluding hydrogens is 349 g/mol. The minimum atomic E-state index is -1.17. The molecule has 4 rings (SSSR count). The molecule has 2 aromatic carbocycles. The van der Waals surface area contributed by atoms with Crippen LogP contribution in [0.4, 0.5) is 18.9 Å². The molecule has 0 unspecified atom stereocenters. The number of hydrogen-bond donors (Lipinski definition) is 0. The second kappa shape index (κ2) is 5.94. The first-order chi connectivity index (χ1) is 12.5. The van der Waals surface area contributed by atoms with Crippen molar-refractivity contribution >= 4 is 17.5 Å². The number of fused-ring (bicyclic) bond motifs is 1. The Balaban J connectivity index is 1.62. The molecule has 6 nitrogen and oxygen atoms in total. The van der Waals surface area contributed by atoms with Gasteiger partial charge < -0.3 is 0 Å². The van der Waals surface area contributed by atoms with Crippen LogP contribution in [0.2, 0.25) is 0 Å². The Bertz CT molecular complexity index is 949. The maximum Gasteiger partial charge on any atom is 0.263 e. The molecule has 26 heavy (non-hydrogen) atoms. The highest BCUT2D eigenvalue weighted by atomic mass is 19.2. The summed E-state index contributed by atoms with van der Waals surface area (Å²) in [4.78, 5) is 26.0. The molecular formula is C17H11F3N4O2. The summed E-state index contributed by atoms with van der Waals surface area (Å²) >= 11 is 0. The van der Waals surface area contributed by atoms with Crippen molar-refractivity contribution in [2.45, 2.75) is 18.6 Å². The first-order valence-corrected chi connectivity index (χ1v) is 7.70. The monoisotopic (exact) mass is 360 g/mol. The van der Waals surface area contributed by atoms with Crippen LogP contribution < -0.4 is 4.90 Å². The van der Waals surface area contributed by atoms with Gasteiger partial charge in [0, 0.05) is 6.07 Å². The van der Waals surface area contributed by atoms with E-state index in [0.29, 0.717) is 5.56 Å². The van der Waals surface area contributed by atoms with E-state index in [4.69, 9.17) is 0 Å². The van der Waals surface area contributed by atoms with Gasteiger partial charge in [-0.05, 0) is 29.8 Å². The second-order valence-corrected chi connectivity index (χ2v) is 5.93. The number of rotatable bonds is 3. The molecule has 2 aliphatic rings. The smallest absolute Gasteiger partial charge is 0.263 e. The van der Waals surface area contributed by atoms with Crippen LogP contribution in [0.3, 0.4) is 0 Å². The van der Waals surface area contributed by atoms with E-state index < -0.39 is 41.3 Å². The number of carbonyl (C=O) groups is 2. The molecule has 0 saturated carbocycles. The third kappa shape index (κ3) is 2.52. The lowest BCUT2D eigenvalue weighted by atomic mass is 10.1. The van der Waals surface area contributed by atoms with E-state index in [2.05, 4.69) is 10.3 Å².